The lowest BCUT2D eigenvalue weighted by Crippen LogP contribution is -2.24. The van der Waals surface area contributed by atoms with E-state index in [-0.39, 0.29) is 11.5 Å². The molecule has 13 heavy (non-hydrogen) atoms. The summed E-state index contributed by atoms with van der Waals surface area (Å²) in [6.45, 7) is 4.69. The van der Waals surface area contributed by atoms with Crippen LogP contribution in [0.25, 0.3) is 0 Å². The minimum absolute atomic E-state index is 0.215. The molecule has 3 nitrogen and oxygen atoms in total. The smallest absolute Gasteiger partial charge is 0.151 e. The Morgan fingerprint density at radius 1 is 1.31 bits per heavy atom. The minimum Gasteiger partial charge on any atom is -0.305 e. The van der Waals surface area contributed by atoms with E-state index >= 15 is 0 Å². The number of nitrogens with one attached hydrogen (secondary N) is 1. The highest BCUT2D eigenvalue weighted by molar-refractivity contribution is 7.91. The molecular formula is C9H17NO2S. The molecular weight excluding hydrogens is 186 g/mol. The Labute approximate surface area is 80.8 Å². The summed E-state index contributed by atoms with van der Waals surface area (Å²) in [6.07, 6.45) is 0.692. The maximum Gasteiger partial charge on any atom is 0.151 e. The van der Waals surface area contributed by atoms with Crippen LogP contribution in [0.15, 0.2) is 0 Å². The highest BCUT2D eigenvalue weighted by Crippen LogP contribution is 1.91. The third-order valence-electron chi connectivity index (χ3n) is 1.50. The predicted octanol–water partition coefficient (Wildman–Crippen LogP) is 0.424. The van der Waals surface area contributed by atoms with Crippen molar-refractivity contribution in [2.75, 3.05) is 24.6 Å². The normalized spacial score (nSPS) is 10.6. The maximum absolute atomic E-state index is 11.2. The van der Waals surface area contributed by atoms with Crippen molar-refractivity contribution >= 4 is 9.84 Å². The van der Waals surface area contributed by atoms with E-state index in [2.05, 4.69) is 17.2 Å². The summed E-state index contributed by atoms with van der Waals surface area (Å²) in [5.41, 5.74) is 0. The number of hydrogen-bond acceptors (Lipinski definition) is 3. The number of hydrogen-bond donors (Lipinski definition) is 1. The highest BCUT2D eigenvalue weighted by atomic mass is 32.2. The first kappa shape index (κ1) is 12.5. The molecule has 1 N–H and O–H groups in total. The molecule has 0 aromatic heterocycles. The Bertz CT molecular complexity index is 272. The van der Waals surface area contributed by atoms with Crippen LogP contribution in [0.4, 0.5) is 0 Å². The highest BCUT2D eigenvalue weighted by Gasteiger charge is 2.07. The van der Waals surface area contributed by atoms with Crippen LogP contribution >= 0.6 is 0 Å². The van der Waals surface area contributed by atoms with E-state index in [1.165, 1.54) is 0 Å². The van der Waals surface area contributed by atoms with Crippen molar-refractivity contribution in [2.45, 2.75) is 20.3 Å². The van der Waals surface area contributed by atoms with Crippen LogP contribution in [0.1, 0.15) is 20.3 Å². The van der Waals surface area contributed by atoms with Gasteiger partial charge in [-0.25, -0.2) is 8.42 Å². The van der Waals surface area contributed by atoms with E-state index in [0.717, 1.165) is 0 Å². The van der Waals surface area contributed by atoms with Crippen molar-refractivity contribution in [3.05, 3.63) is 0 Å². The second-order valence-electron chi connectivity index (χ2n) is 2.76. The summed E-state index contributed by atoms with van der Waals surface area (Å²) in [7, 11) is -2.83. The molecule has 0 amide bonds. The third kappa shape index (κ3) is 7.82. The maximum atomic E-state index is 11.2. The second-order valence-corrected chi connectivity index (χ2v) is 5.06. The Morgan fingerprint density at radius 2 is 2.00 bits per heavy atom. The average molecular weight is 203 g/mol. The van der Waals surface area contributed by atoms with Crippen molar-refractivity contribution in [1.29, 1.82) is 0 Å². The van der Waals surface area contributed by atoms with Gasteiger partial charge < -0.3 is 5.32 Å². The fourth-order valence-corrected chi connectivity index (χ4v) is 2.16. The first-order valence-corrected chi connectivity index (χ1v) is 6.25. The largest absolute Gasteiger partial charge is 0.305 e. The summed E-state index contributed by atoms with van der Waals surface area (Å²) >= 11 is 0. The Balaban J connectivity index is 3.56. The predicted molar refractivity (Wildman–Crippen MR) is 55.3 cm³/mol. The minimum atomic E-state index is -2.83. The third-order valence-corrected chi connectivity index (χ3v) is 3.35. The van der Waals surface area contributed by atoms with Crippen LogP contribution in [-0.4, -0.2) is 33.0 Å². The second kappa shape index (κ2) is 6.93. The van der Waals surface area contributed by atoms with Gasteiger partial charge in [0.1, 0.15) is 0 Å². The number of rotatable bonds is 6. The van der Waals surface area contributed by atoms with Crippen molar-refractivity contribution in [3.63, 3.8) is 0 Å². The molecule has 0 aliphatic rings. The Hall–Kier alpha value is -0.530. The van der Waals surface area contributed by atoms with Crippen LogP contribution in [0.5, 0.6) is 0 Å². The van der Waals surface area contributed by atoms with Gasteiger partial charge in [0.2, 0.25) is 0 Å². The van der Waals surface area contributed by atoms with Gasteiger partial charge in [-0.2, -0.15) is 0 Å². The molecule has 0 rings (SSSR count). The molecule has 0 aliphatic carbocycles. The zero-order valence-electron chi connectivity index (χ0n) is 8.26. The van der Waals surface area contributed by atoms with Gasteiger partial charge >= 0.3 is 0 Å². The van der Waals surface area contributed by atoms with Crippen molar-refractivity contribution in [2.24, 2.45) is 0 Å². The van der Waals surface area contributed by atoms with E-state index in [0.29, 0.717) is 19.5 Å². The van der Waals surface area contributed by atoms with Crippen molar-refractivity contribution in [1.82, 2.24) is 5.32 Å². The molecule has 0 bridgehead atoms. The molecule has 0 aliphatic heterocycles. The molecule has 0 atom stereocenters. The van der Waals surface area contributed by atoms with E-state index in [4.69, 9.17) is 0 Å². The van der Waals surface area contributed by atoms with Crippen LogP contribution in [0, 0.1) is 11.8 Å². The van der Waals surface area contributed by atoms with E-state index < -0.39 is 9.84 Å². The molecule has 0 aromatic rings. The van der Waals surface area contributed by atoms with Crippen molar-refractivity contribution in [3.8, 4) is 11.8 Å². The lowest BCUT2D eigenvalue weighted by Gasteiger charge is -2.01. The molecule has 76 valence electrons. The average Bonchev–Trinajstić information content (AvgIpc) is 2.04. The molecule has 4 heteroatoms. The molecule has 0 saturated heterocycles. The van der Waals surface area contributed by atoms with E-state index in [1.807, 2.05) is 6.92 Å². The molecule has 0 saturated carbocycles. The van der Waals surface area contributed by atoms with Gasteiger partial charge in [0.15, 0.2) is 9.84 Å². The monoisotopic (exact) mass is 203 g/mol. The quantitative estimate of drug-likeness (QED) is 0.503. The molecule has 0 aromatic carbocycles. The molecule has 0 unspecified atom stereocenters. The first-order chi connectivity index (χ1) is 6.12. The summed E-state index contributed by atoms with van der Waals surface area (Å²) in [5.74, 6) is 6.04. The summed E-state index contributed by atoms with van der Waals surface area (Å²) in [5, 5.41) is 2.95. The zero-order chi connectivity index (χ0) is 10.2. The van der Waals surface area contributed by atoms with Gasteiger partial charge in [-0.1, -0.05) is 12.8 Å². The van der Waals surface area contributed by atoms with Crippen LogP contribution in [0.3, 0.4) is 0 Å². The lowest BCUT2D eigenvalue weighted by atomic mass is 10.6. The standard InChI is InChI=1S/C9H17NO2S/c1-3-5-6-10-7-9-13(11,12)8-4-2/h10H,4,6-9H2,1-2H3. The van der Waals surface area contributed by atoms with Crippen LogP contribution < -0.4 is 5.32 Å². The van der Waals surface area contributed by atoms with E-state index in [9.17, 15) is 8.42 Å². The molecule has 0 heterocycles. The van der Waals surface area contributed by atoms with Crippen LogP contribution in [-0.2, 0) is 9.84 Å². The van der Waals surface area contributed by atoms with Gasteiger partial charge in [0.25, 0.3) is 0 Å². The fraction of sp³-hybridized carbons (Fsp3) is 0.778. The molecule has 0 spiro atoms. The van der Waals surface area contributed by atoms with Gasteiger partial charge in [-0.3, -0.25) is 0 Å². The first-order valence-electron chi connectivity index (χ1n) is 4.43. The Kier molecular flexibility index (Phi) is 6.65. The van der Waals surface area contributed by atoms with Gasteiger partial charge in [-0.15, -0.1) is 5.92 Å². The topological polar surface area (TPSA) is 46.2 Å². The van der Waals surface area contributed by atoms with Gasteiger partial charge in [-0.05, 0) is 13.3 Å². The fourth-order valence-electron chi connectivity index (χ4n) is 0.880. The summed E-state index contributed by atoms with van der Waals surface area (Å²) in [4.78, 5) is 0. The van der Waals surface area contributed by atoms with Gasteiger partial charge in [0.05, 0.1) is 12.3 Å². The molecule has 0 fully saturated rings. The Morgan fingerprint density at radius 3 is 2.54 bits per heavy atom. The lowest BCUT2D eigenvalue weighted by molar-refractivity contribution is 0.591. The van der Waals surface area contributed by atoms with Gasteiger partial charge in [0, 0.05) is 12.3 Å². The number of sulfone groups is 1. The summed E-state index contributed by atoms with van der Waals surface area (Å²) < 4.78 is 22.4. The van der Waals surface area contributed by atoms with E-state index in [1.54, 1.807) is 6.92 Å². The zero-order valence-corrected chi connectivity index (χ0v) is 9.08. The SMILES string of the molecule is CC#CCNCCS(=O)(=O)CCC. The van der Waals surface area contributed by atoms with Crippen LogP contribution in [0.2, 0.25) is 0 Å². The van der Waals surface area contributed by atoms with Crippen molar-refractivity contribution < 1.29 is 8.42 Å². The summed E-state index contributed by atoms with van der Waals surface area (Å²) in [6, 6.07) is 0. The molecule has 0 radical (unpaired) electrons.